The Labute approximate surface area is 131 Å². The molecule has 1 aromatic carbocycles. The van der Waals surface area contributed by atoms with E-state index in [0.717, 1.165) is 20.4 Å². The summed E-state index contributed by atoms with van der Waals surface area (Å²) in [6.07, 6.45) is 0. The predicted octanol–water partition coefficient (Wildman–Crippen LogP) is 5.50. The molecule has 0 saturated carbocycles. The number of nitrogens with one attached hydrogen (secondary N) is 1. The van der Waals surface area contributed by atoms with Gasteiger partial charge in [-0.3, -0.25) is 0 Å². The molecule has 0 amide bonds. The van der Waals surface area contributed by atoms with Crippen molar-refractivity contribution in [2.75, 3.05) is 5.32 Å². The second-order valence-corrected chi connectivity index (χ2v) is 6.23. The minimum atomic E-state index is 0.227. The molecule has 2 aromatic heterocycles. The van der Waals surface area contributed by atoms with Crippen LogP contribution >= 0.6 is 50.5 Å². The highest BCUT2D eigenvalue weighted by atomic mass is 79.9. The van der Waals surface area contributed by atoms with Crippen molar-refractivity contribution in [2.45, 2.75) is 0 Å². The Morgan fingerprint density at radius 2 is 2.00 bits per heavy atom. The first-order valence-corrected chi connectivity index (χ1v) is 7.69. The van der Waals surface area contributed by atoms with E-state index in [9.17, 15) is 0 Å². The van der Waals surface area contributed by atoms with Crippen LogP contribution in [0.5, 0.6) is 0 Å². The van der Waals surface area contributed by atoms with Crippen molar-refractivity contribution >= 4 is 72.2 Å². The minimum absolute atomic E-state index is 0.227. The van der Waals surface area contributed by atoms with Gasteiger partial charge in [0.2, 0.25) is 5.28 Å². The van der Waals surface area contributed by atoms with Gasteiger partial charge in [0.1, 0.15) is 10.6 Å². The SMILES string of the molecule is Clc1nc(Nc2ccc(Cl)c(Br)c2)c2ccsc2n1. The lowest BCUT2D eigenvalue weighted by Gasteiger charge is -2.08. The molecule has 19 heavy (non-hydrogen) atoms. The molecule has 0 saturated heterocycles. The summed E-state index contributed by atoms with van der Waals surface area (Å²) in [5.74, 6) is 0.686. The Morgan fingerprint density at radius 1 is 1.16 bits per heavy atom. The molecule has 0 radical (unpaired) electrons. The van der Waals surface area contributed by atoms with Crippen LogP contribution in [0.25, 0.3) is 10.2 Å². The topological polar surface area (TPSA) is 37.8 Å². The molecule has 0 spiro atoms. The molecule has 3 rings (SSSR count). The van der Waals surface area contributed by atoms with Crippen molar-refractivity contribution in [3.63, 3.8) is 0 Å². The first-order chi connectivity index (χ1) is 9.13. The number of benzene rings is 1. The molecule has 3 aromatic rings. The van der Waals surface area contributed by atoms with E-state index in [-0.39, 0.29) is 5.28 Å². The van der Waals surface area contributed by atoms with E-state index < -0.39 is 0 Å². The van der Waals surface area contributed by atoms with E-state index in [4.69, 9.17) is 23.2 Å². The fourth-order valence-electron chi connectivity index (χ4n) is 1.64. The summed E-state index contributed by atoms with van der Waals surface area (Å²) in [6, 6.07) is 7.53. The van der Waals surface area contributed by atoms with Gasteiger partial charge in [-0.15, -0.1) is 11.3 Å². The van der Waals surface area contributed by atoms with Gasteiger partial charge in [-0.25, -0.2) is 4.98 Å². The molecule has 0 bridgehead atoms. The summed E-state index contributed by atoms with van der Waals surface area (Å²) in [5, 5.41) is 7.01. The Kier molecular flexibility index (Phi) is 3.62. The van der Waals surface area contributed by atoms with Gasteiger partial charge >= 0.3 is 0 Å². The van der Waals surface area contributed by atoms with Crippen LogP contribution in [-0.4, -0.2) is 9.97 Å². The minimum Gasteiger partial charge on any atom is -0.340 e. The lowest BCUT2D eigenvalue weighted by Crippen LogP contribution is -1.95. The van der Waals surface area contributed by atoms with E-state index >= 15 is 0 Å². The predicted molar refractivity (Wildman–Crippen MR) is 84.9 cm³/mol. The number of hydrogen-bond donors (Lipinski definition) is 1. The van der Waals surface area contributed by atoms with E-state index in [1.54, 1.807) is 0 Å². The molecule has 2 heterocycles. The van der Waals surface area contributed by atoms with Gasteiger partial charge in [0.05, 0.1) is 10.4 Å². The highest BCUT2D eigenvalue weighted by Crippen LogP contribution is 2.31. The number of nitrogens with zero attached hydrogens (tertiary/aromatic N) is 2. The van der Waals surface area contributed by atoms with Gasteiger partial charge in [-0.05, 0) is 57.2 Å². The summed E-state index contributed by atoms with van der Waals surface area (Å²) in [7, 11) is 0. The van der Waals surface area contributed by atoms with Crippen molar-refractivity contribution in [3.8, 4) is 0 Å². The highest BCUT2D eigenvalue weighted by molar-refractivity contribution is 9.10. The van der Waals surface area contributed by atoms with Gasteiger partial charge in [0.15, 0.2) is 0 Å². The van der Waals surface area contributed by atoms with Crippen LogP contribution in [0.15, 0.2) is 34.1 Å². The van der Waals surface area contributed by atoms with Crippen LogP contribution in [0.3, 0.4) is 0 Å². The summed E-state index contributed by atoms with van der Waals surface area (Å²) in [4.78, 5) is 9.25. The quantitative estimate of drug-likeness (QED) is 0.601. The molecule has 0 atom stereocenters. The largest absolute Gasteiger partial charge is 0.340 e. The van der Waals surface area contributed by atoms with E-state index in [1.807, 2.05) is 29.6 Å². The van der Waals surface area contributed by atoms with Gasteiger partial charge < -0.3 is 5.32 Å². The molecule has 0 aliphatic carbocycles. The van der Waals surface area contributed by atoms with Crippen molar-refractivity contribution < 1.29 is 0 Å². The lowest BCUT2D eigenvalue weighted by atomic mass is 10.3. The molecule has 0 fully saturated rings. The van der Waals surface area contributed by atoms with Crippen LogP contribution in [0.4, 0.5) is 11.5 Å². The van der Waals surface area contributed by atoms with Gasteiger partial charge in [0.25, 0.3) is 0 Å². The number of thiophene rings is 1. The Hall–Kier alpha value is -0.880. The first-order valence-electron chi connectivity index (χ1n) is 5.26. The maximum Gasteiger partial charge on any atom is 0.225 e. The Bertz CT molecular complexity index is 760. The van der Waals surface area contributed by atoms with Crippen molar-refractivity contribution in [3.05, 3.63) is 44.4 Å². The molecule has 0 aliphatic rings. The van der Waals surface area contributed by atoms with Crippen LogP contribution in [0.2, 0.25) is 10.3 Å². The molecule has 0 unspecified atom stereocenters. The van der Waals surface area contributed by atoms with Crippen molar-refractivity contribution in [1.82, 2.24) is 9.97 Å². The molecule has 1 N–H and O–H groups in total. The van der Waals surface area contributed by atoms with E-state index in [0.29, 0.717) is 10.8 Å². The smallest absolute Gasteiger partial charge is 0.225 e. The molecular formula is C12H6BrCl2N3S. The summed E-state index contributed by atoms with van der Waals surface area (Å²) in [5.41, 5.74) is 0.874. The Morgan fingerprint density at radius 3 is 2.79 bits per heavy atom. The summed E-state index contributed by atoms with van der Waals surface area (Å²) >= 11 is 16.8. The number of halogens is 3. The van der Waals surface area contributed by atoms with E-state index in [1.165, 1.54) is 11.3 Å². The summed E-state index contributed by atoms with van der Waals surface area (Å²) in [6.45, 7) is 0. The van der Waals surface area contributed by atoms with Crippen molar-refractivity contribution in [1.29, 1.82) is 0 Å². The van der Waals surface area contributed by atoms with Crippen LogP contribution in [0, 0.1) is 0 Å². The number of aromatic nitrogens is 2. The fourth-order valence-corrected chi connectivity index (χ4v) is 3.11. The zero-order chi connectivity index (χ0) is 13.4. The molecule has 3 nitrogen and oxygen atoms in total. The standard InChI is InChI=1S/C12H6BrCl2N3S/c13-8-5-6(1-2-9(8)14)16-10-7-3-4-19-11(7)18-12(15)17-10/h1-5H,(H,16,17,18). The zero-order valence-corrected chi connectivity index (χ0v) is 13.2. The third-order valence-electron chi connectivity index (χ3n) is 2.48. The number of rotatable bonds is 2. The average Bonchev–Trinajstić information content (AvgIpc) is 2.82. The maximum absolute atomic E-state index is 5.97. The van der Waals surface area contributed by atoms with Crippen LogP contribution < -0.4 is 5.32 Å². The van der Waals surface area contributed by atoms with Gasteiger partial charge in [-0.2, -0.15) is 4.98 Å². The molecule has 96 valence electrons. The molecule has 7 heteroatoms. The number of fused-ring (bicyclic) bond motifs is 1. The van der Waals surface area contributed by atoms with E-state index in [2.05, 4.69) is 31.2 Å². The van der Waals surface area contributed by atoms with Crippen molar-refractivity contribution in [2.24, 2.45) is 0 Å². The van der Waals surface area contributed by atoms with Gasteiger partial charge in [-0.1, -0.05) is 11.6 Å². The number of hydrogen-bond acceptors (Lipinski definition) is 4. The molecular weight excluding hydrogens is 369 g/mol. The van der Waals surface area contributed by atoms with Crippen LogP contribution in [0.1, 0.15) is 0 Å². The highest BCUT2D eigenvalue weighted by Gasteiger charge is 2.08. The zero-order valence-electron chi connectivity index (χ0n) is 9.32. The normalized spacial score (nSPS) is 10.9. The van der Waals surface area contributed by atoms with Gasteiger partial charge in [0, 0.05) is 10.2 Å². The fraction of sp³-hybridized carbons (Fsp3) is 0. The second kappa shape index (κ2) is 5.25. The third kappa shape index (κ3) is 2.69. The maximum atomic E-state index is 5.97. The number of anilines is 2. The Balaban J connectivity index is 2.04. The monoisotopic (exact) mass is 373 g/mol. The first kappa shape index (κ1) is 13.1. The molecule has 0 aliphatic heterocycles. The summed E-state index contributed by atoms with van der Waals surface area (Å²) < 4.78 is 0.820. The van der Waals surface area contributed by atoms with Crippen LogP contribution in [-0.2, 0) is 0 Å². The lowest BCUT2D eigenvalue weighted by molar-refractivity contribution is 1.23. The third-order valence-corrected chi connectivity index (χ3v) is 4.67. The second-order valence-electron chi connectivity index (χ2n) is 3.73. The average molecular weight is 375 g/mol.